The van der Waals surface area contributed by atoms with Crippen LogP contribution in [0.5, 0.6) is 0 Å². The van der Waals surface area contributed by atoms with E-state index in [-0.39, 0.29) is 4.88 Å². The lowest BCUT2D eigenvalue weighted by Crippen LogP contribution is -2.05. The standard InChI is InChI=1S/C6H3F3NPS/c7-6(8,9)3-1-5(11)12-4(3)2-10/h1H,11H2. The number of rotatable bonds is 0. The number of alkyl halides is 3. The Labute approximate surface area is 73.0 Å². The predicted molar refractivity (Wildman–Crippen MR) is 43.4 cm³/mol. The molecular weight excluding hydrogens is 206 g/mol. The van der Waals surface area contributed by atoms with Crippen LogP contribution in [0.2, 0.25) is 0 Å². The molecule has 1 atom stereocenters. The largest absolute Gasteiger partial charge is 0.418 e. The maximum atomic E-state index is 12.1. The molecule has 0 aliphatic carbocycles. The van der Waals surface area contributed by atoms with E-state index in [1.54, 1.807) is 0 Å². The van der Waals surface area contributed by atoms with Crippen molar-refractivity contribution < 1.29 is 13.2 Å². The smallest absolute Gasteiger partial charge is 0.192 e. The number of nitrogens with zero attached hydrogens (tertiary/aromatic N) is 1. The molecule has 0 spiro atoms. The lowest BCUT2D eigenvalue weighted by Gasteiger charge is -2.02. The molecule has 6 heteroatoms. The van der Waals surface area contributed by atoms with Gasteiger partial charge in [0, 0.05) is 4.62 Å². The predicted octanol–water partition coefficient (Wildman–Crippen LogP) is 2.14. The third-order valence-corrected chi connectivity index (χ3v) is 2.55. The summed E-state index contributed by atoms with van der Waals surface area (Å²) >= 11 is 0.823. The molecule has 1 heterocycles. The van der Waals surface area contributed by atoms with E-state index in [9.17, 15) is 13.2 Å². The van der Waals surface area contributed by atoms with E-state index in [1.807, 2.05) is 0 Å². The minimum absolute atomic E-state index is 0.285. The maximum Gasteiger partial charge on any atom is 0.418 e. The summed E-state index contributed by atoms with van der Waals surface area (Å²) in [5.74, 6) is 0. The number of hydrogen-bond acceptors (Lipinski definition) is 2. The van der Waals surface area contributed by atoms with Gasteiger partial charge in [0.2, 0.25) is 0 Å². The van der Waals surface area contributed by atoms with Crippen molar-refractivity contribution in [3.05, 3.63) is 16.5 Å². The van der Waals surface area contributed by atoms with Crippen molar-refractivity contribution in [1.29, 1.82) is 5.26 Å². The van der Waals surface area contributed by atoms with Crippen LogP contribution >= 0.6 is 20.6 Å². The van der Waals surface area contributed by atoms with Crippen LogP contribution in [-0.2, 0) is 6.18 Å². The molecule has 12 heavy (non-hydrogen) atoms. The first-order valence-electron chi connectivity index (χ1n) is 2.81. The van der Waals surface area contributed by atoms with Gasteiger partial charge in [0.15, 0.2) is 0 Å². The molecule has 1 unspecified atom stereocenters. The number of halogens is 3. The molecule has 1 rings (SSSR count). The molecule has 0 saturated carbocycles. The van der Waals surface area contributed by atoms with Gasteiger partial charge in [-0.2, -0.15) is 18.4 Å². The monoisotopic (exact) mass is 209 g/mol. The first-order chi connectivity index (χ1) is 5.45. The molecule has 64 valence electrons. The third kappa shape index (κ3) is 1.77. The molecule has 0 bridgehead atoms. The molecule has 1 aromatic heterocycles. The van der Waals surface area contributed by atoms with Gasteiger partial charge in [-0.1, -0.05) is 9.24 Å². The Morgan fingerprint density at radius 1 is 1.50 bits per heavy atom. The quantitative estimate of drug-likeness (QED) is 0.600. The van der Waals surface area contributed by atoms with Crippen LogP contribution in [0.25, 0.3) is 0 Å². The Morgan fingerprint density at radius 2 is 2.08 bits per heavy atom. The summed E-state index contributed by atoms with van der Waals surface area (Å²) in [4.78, 5) is -0.285. The molecule has 1 nitrogen and oxygen atoms in total. The highest BCUT2D eigenvalue weighted by molar-refractivity contribution is 7.43. The topological polar surface area (TPSA) is 23.8 Å². The molecule has 0 fully saturated rings. The third-order valence-electron chi connectivity index (χ3n) is 1.16. The highest BCUT2D eigenvalue weighted by Crippen LogP contribution is 2.33. The van der Waals surface area contributed by atoms with Crippen LogP contribution in [-0.4, -0.2) is 0 Å². The fraction of sp³-hybridized carbons (Fsp3) is 0.167. The number of nitriles is 1. The Morgan fingerprint density at radius 3 is 2.42 bits per heavy atom. The van der Waals surface area contributed by atoms with Crippen molar-refractivity contribution in [1.82, 2.24) is 0 Å². The highest BCUT2D eigenvalue weighted by Gasteiger charge is 2.34. The summed E-state index contributed by atoms with van der Waals surface area (Å²) in [5.41, 5.74) is -0.847. The van der Waals surface area contributed by atoms with Gasteiger partial charge in [-0.15, -0.1) is 11.3 Å². The van der Waals surface area contributed by atoms with Crippen molar-refractivity contribution in [3.8, 4) is 6.07 Å². The van der Waals surface area contributed by atoms with Gasteiger partial charge in [-0.3, -0.25) is 0 Å². The summed E-state index contributed by atoms with van der Waals surface area (Å²) in [7, 11) is 2.14. The summed E-state index contributed by atoms with van der Waals surface area (Å²) < 4.78 is 36.7. The Balaban J connectivity index is 3.25. The van der Waals surface area contributed by atoms with Gasteiger partial charge in [0.1, 0.15) is 10.9 Å². The summed E-state index contributed by atoms with van der Waals surface area (Å²) in [6.07, 6.45) is -4.42. The minimum atomic E-state index is -4.42. The minimum Gasteiger partial charge on any atom is -0.192 e. The average Bonchev–Trinajstić information content (AvgIpc) is 2.29. The molecule has 1 aromatic rings. The highest BCUT2D eigenvalue weighted by atomic mass is 32.1. The van der Waals surface area contributed by atoms with E-state index in [0.29, 0.717) is 4.62 Å². The van der Waals surface area contributed by atoms with Crippen molar-refractivity contribution in [3.63, 3.8) is 0 Å². The molecule has 0 amide bonds. The zero-order chi connectivity index (χ0) is 9.35. The van der Waals surface area contributed by atoms with Crippen LogP contribution in [0, 0.1) is 11.3 Å². The second-order valence-electron chi connectivity index (χ2n) is 2.00. The molecule has 0 radical (unpaired) electrons. The molecule has 0 N–H and O–H groups in total. The summed E-state index contributed by atoms with van der Waals surface area (Å²) in [6.45, 7) is 0. The lowest BCUT2D eigenvalue weighted by molar-refractivity contribution is -0.137. The average molecular weight is 209 g/mol. The van der Waals surface area contributed by atoms with Crippen molar-refractivity contribution in [2.45, 2.75) is 6.18 Å². The molecular formula is C6H3F3NPS. The van der Waals surface area contributed by atoms with Gasteiger partial charge < -0.3 is 0 Å². The molecule has 0 aromatic carbocycles. The van der Waals surface area contributed by atoms with Gasteiger partial charge in [-0.25, -0.2) is 0 Å². The van der Waals surface area contributed by atoms with Gasteiger partial charge in [0.05, 0.1) is 5.56 Å². The first-order valence-corrected chi connectivity index (χ1v) is 4.21. The van der Waals surface area contributed by atoms with Gasteiger partial charge in [-0.05, 0) is 6.07 Å². The zero-order valence-corrected chi connectivity index (χ0v) is 7.62. The number of hydrogen-bond donors (Lipinski definition) is 0. The van der Waals surface area contributed by atoms with Crippen LogP contribution in [0.15, 0.2) is 6.07 Å². The van der Waals surface area contributed by atoms with Crippen LogP contribution < -0.4 is 4.62 Å². The maximum absolute atomic E-state index is 12.1. The van der Waals surface area contributed by atoms with Gasteiger partial charge in [0.25, 0.3) is 0 Å². The zero-order valence-electron chi connectivity index (χ0n) is 5.64. The molecule has 0 saturated heterocycles. The lowest BCUT2D eigenvalue weighted by atomic mass is 10.2. The first kappa shape index (κ1) is 9.50. The Kier molecular flexibility index (Phi) is 2.41. The van der Waals surface area contributed by atoms with E-state index in [0.717, 1.165) is 17.4 Å². The van der Waals surface area contributed by atoms with E-state index < -0.39 is 11.7 Å². The summed E-state index contributed by atoms with van der Waals surface area (Å²) in [5, 5.41) is 8.35. The second-order valence-corrected chi connectivity index (χ2v) is 4.13. The second kappa shape index (κ2) is 3.04. The van der Waals surface area contributed by atoms with E-state index in [4.69, 9.17) is 5.26 Å². The fourth-order valence-electron chi connectivity index (χ4n) is 0.704. The summed E-state index contributed by atoms with van der Waals surface area (Å²) in [6, 6.07) is 2.46. The van der Waals surface area contributed by atoms with Gasteiger partial charge >= 0.3 is 6.18 Å². The normalized spacial score (nSPS) is 11.2. The van der Waals surface area contributed by atoms with Crippen molar-refractivity contribution >= 4 is 25.2 Å². The van der Waals surface area contributed by atoms with Crippen LogP contribution in [0.1, 0.15) is 10.4 Å². The molecule has 0 aliphatic heterocycles. The number of thiophene rings is 1. The van der Waals surface area contributed by atoms with Crippen molar-refractivity contribution in [2.75, 3.05) is 0 Å². The van der Waals surface area contributed by atoms with E-state index in [2.05, 4.69) is 9.24 Å². The SMILES string of the molecule is N#Cc1sc(P)cc1C(F)(F)F. The molecule has 0 aliphatic rings. The Hall–Kier alpha value is -0.590. The van der Waals surface area contributed by atoms with Crippen LogP contribution in [0.3, 0.4) is 0 Å². The Bertz CT molecular complexity index is 336. The fourth-order valence-corrected chi connectivity index (χ4v) is 1.97. The van der Waals surface area contributed by atoms with Crippen molar-refractivity contribution in [2.24, 2.45) is 0 Å². The van der Waals surface area contributed by atoms with E-state index in [1.165, 1.54) is 6.07 Å². The van der Waals surface area contributed by atoms with E-state index >= 15 is 0 Å². The van der Waals surface area contributed by atoms with Crippen LogP contribution in [0.4, 0.5) is 13.2 Å².